The fourth-order valence-corrected chi connectivity index (χ4v) is 4.10. The van der Waals surface area contributed by atoms with Crippen molar-refractivity contribution in [2.45, 2.75) is 44.2 Å². The van der Waals surface area contributed by atoms with Crippen LogP contribution in [0.4, 0.5) is 13.2 Å². The Kier molecular flexibility index (Phi) is 4.25. The molecule has 1 N–H and O–H groups in total. The summed E-state index contributed by atoms with van der Waals surface area (Å²) in [6.45, 7) is 1.98. The van der Waals surface area contributed by atoms with Gasteiger partial charge in [-0.2, -0.15) is 13.2 Å². The lowest BCUT2D eigenvalue weighted by atomic mass is 9.73. The molecular formula is C17H22F3N. The molecule has 116 valence electrons. The number of alkyl halides is 3. The Morgan fingerprint density at radius 1 is 0.952 bits per heavy atom. The van der Waals surface area contributed by atoms with E-state index in [4.69, 9.17) is 0 Å². The Morgan fingerprint density at radius 2 is 1.62 bits per heavy atom. The number of nitrogens with one attached hydrogen (secondary N) is 1. The summed E-state index contributed by atoms with van der Waals surface area (Å²) in [6.07, 6.45) is 1.97. The molecule has 4 heteroatoms. The van der Waals surface area contributed by atoms with Gasteiger partial charge in [0.1, 0.15) is 0 Å². The van der Waals surface area contributed by atoms with Crippen LogP contribution in [-0.2, 0) is 6.18 Å². The molecule has 1 aliphatic heterocycles. The minimum absolute atomic E-state index is 0.414. The van der Waals surface area contributed by atoms with Gasteiger partial charge >= 0.3 is 6.18 Å². The van der Waals surface area contributed by atoms with Gasteiger partial charge in [-0.25, -0.2) is 0 Å². The van der Waals surface area contributed by atoms with E-state index in [0.29, 0.717) is 11.8 Å². The molecule has 0 spiro atoms. The molecule has 0 aromatic heterocycles. The zero-order valence-electron chi connectivity index (χ0n) is 12.1. The fourth-order valence-electron chi connectivity index (χ4n) is 4.10. The maximum Gasteiger partial charge on any atom is 0.416 e. The van der Waals surface area contributed by atoms with E-state index in [9.17, 15) is 13.2 Å². The highest BCUT2D eigenvalue weighted by atomic mass is 19.4. The average Bonchev–Trinajstić information content (AvgIpc) is 3.01. The van der Waals surface area contributed by atoms with Gasteiger partial charge in [0.2, 0.25) is 0 Å². The maximum atomic E-state index is 12.7. The Hall–Kier alpha value is -1.03. The third-order valence-corrected chi connectivity index (χ3v) is 5.20. The largest absolute Gasteiger partial charge is 0.416 e. The maximum absolute atomic E-state index is 12.7. The van der Waals surface area contributed by atoms with Crippen molar-refractivity contribution >= 4 is 0 Å². The number of halogens is 3. The third-order valence-electron chi connectivity index (χ3n) is 5.20. The SMILES string of the molecule is FC(F)(F)c1ccc(C2CCNCC2C2CCCC2)cc1. The van der Waals surface area contributed by atoms with E-state index >= 15 is 0 Å². The first-order chi connectivity index (χ1) is 10.1. The van der Waals surface area contributed by atoms with Crippen molar-refractivity contribution in [3.05, 3.63) is 35.4 Å². The van der Waals surface area contributed by atoms with E-state index in [-0.39, 0.29) is 0 Å². The predicted octanol–water partition coefficient (Wildman–Crippen LogP) is 4.59. The lowest BCUT2D eigenvalue weighted by Crippen LogP contribution is -2.38. The van der Waals surface area contributed by atoms with Crippen LogP contribution in [0, 0.1) is 11.8 Å². The number of rotatable bonds is 2. The molecule has 3 rings (SSSR count). The van der Waals surface area contributed by atoms with E-state index < -0.39 is 11.7 Å². The van der Waals surface area contributed by atoms with Crippen LogP contribution in [0.1, 0.15) is 49.1 Å². The first-order valence-corrected chi connectivity index (χ1v) is 7.93. The molecule has 2 fully saturated rings. The summed E-state index contributed by atoms with van der Waals surface area (Å²) in [5.41, 5.74) is 0.541. The molecule has 1 aromatic rings. The molecule has 1 aliphatic carbocycles. The summed E-state index contributed by atoms with van der Waals surface area (Å²) < 4.78 is 38.0. The molecule has 2 unspecified atom stereocenters. The van der Waals surface area contributed by atoms with Gasteiger partial charge in [-0.15, -0.1) is 0 Å². The minimum atomic E-state index is -4.24. The average molecular weight is 297 g/mol. The zero-order valence-corrected chi connectivity index (χ0v) is 12.1. The molecule has 1 saturated heterocycles. The van der Waals surface area contributed by atoms with Gasteiger partial charge in [-0.1, -0.05) is 37.8 Å². The predicted molar refractivity (Wildman–Crippen MR) is 77.1 cm³/mol. The molecule has 1 aromatic carbocycles. The van der Waals surface area contributed by atoms with Gasteiger partial charge < -0.3 is 5.32 Å². The Labute approximate surface area is 123 Å². The molecular weight excluding hydrogens is 275 g/mol. The van der Waals surface area contributed by atoms with Crippen molar-refractivity contribution in [1.29, 1.82) is 0 Å². The molecule has 0 bridgehead atoms. The summed E-state index contributed by atoms with van der Waals surface area (Å²) >= 11 is 0. The van der Waals surface area contributed by atoms with Crippen LogP contribution in [0.5, 0.6) is 0 Å². The van der Waals surface area contributed by atoms with Gasteiger partial charge in [0.15, 0.2) is 0 Å². The van der Waals surface area contributed by atoms with E-state index in [1.165, 1.54) is 37.8 Å². The normalized spacial score (nSPS) is 28.0. The summed E-state index contributed by atoms with van der Waals surface area (Å²) in [6, 6.07) is 5.87. The molecule has 1 heterocycles. The highest BCUT2D eigenvalue weighted by molar-refractivity contribution is 5.28. The van der Waals surface area contributed by atoms with Crippen molar-refractivity contribution in [2.24, 2.45) is 11.8 Å². The number of benzene rings is 1. The van der Waals surface area contributed by atoms with Crippen LogP contribution in [0.15, 0.2) is 24.3 Å². The zero-order chi connectivity index (χ0) is 14.9. The summed E-state index contributed by atoms with van der Waals surface area (Å²) in [7, 11) is 0. The van der Waals surface area contributed by atoms with Gasteiger partial charge in [-0.3, -0.25) is 0 Å². The van der Waals surface area contributed by atoms with Crippen LogP contribution in [0.3, 0.4) is 0 Å². The van der Waals surface area contributed by atoms with Crippen LogP contribution in [-0.4, -0.2) is 13.1 Å². The topological polar surface area (TPSA) is 12.0 Å². The quantitative estimate of drug-likeness (QED) is 0.842. The highest BCUT2D eigenvalue weighted by Crippen LogP contribution is 2.42. The van der Waals surface area contributed by atoms with Crippen molar-refractivity contribution in [2.75, 3.05) is 13.1 Å². The first kappa shape index (κ1) is 14.9. The minimum Gasteiger partial charge on any atom is -0.316 e. The monoisotopic (exact) mass is 297 g/mol. The second-order valence-corrected chi connectivity index (χ2v) is 6.43. The first-order valence-electron chi connectivity index (χ1n) is 7.93. The molecule has 21 heavy (non-hydrogen) atoms. The van der Waals surface area contributed by atoms with Gasteiger partial charge in [0.05, 0.1) is 5.56 Å². The smallest absolute Gasteiger partial charge is 0.316 e. The summed E-state index contributed by atoms with van der Waals surface area (Å²) in [5, 5.41) is 3.47. The van der Waals surface area contributed by atoms with Crippen molar-refractivity contribution in [3.8, 4) is 0 Å². The number of hydrogen-bond acceptors (Lipinski definition) is 1. The molecule has 1 saturated carbocycles. The number of hydrogen-bond donors (Lipinski definition) is 1. The number of piperidine rings is 1. The molecule has 0 radical (unpaired) electrons. The van der Waals surface area contributed by atoms with E-state index in [0.717, 1.165) is 31.0 Å². The second kappa shape index (κ2) is 5.99. The van der Waals surface area contributed by atoms with Gasteiger partial charge in [0.25, 0.3) is 0 Å². The highest BCUT2D eigenvalue weighted by Gasteiger charge is 2.35. The van der Waals surface area contributed by atoms with E-state index in [1.807, 2.05) is 0 Å². The van der Waals surface area contributed by atoms with Crippen LogP contribution >= 0.6 is 0 Å². The van der Waals surface area contributed by atoms with Crippen LogP contribution in [0.2, 0.25) is 0 Å². The van der Waals surface area contributed by atoms with Crippen molar-refractivity contribution in [3.63, 3.8) is 0 Å². The van der Waals surface area contributed by atoms with Crippen LogP contribution in [0.25, 0.3) is 0 Å². The Balaban J connectivity index is 1.79. The molecule has 0 amide bonds. The fraction of sp³-hybridized carbons (Fsp3) is 0.647. The molecule has 2 atom stereocenters. The summed E-state index contributed by atoms with van der Waals surface area (Å²) in [4.78, 5) is 0. The second-order valence-electron chi connectivity index (χ2n) is 6.43. The molecule has 1 nitrogen and oxygen atoms in total. The van der Waals surface area contributed by atoms with Gasteiger partial charge in [0, 0.05) is 0 Å². The Morgan fingerprint density at radius 3 is 2.24 bits per heavy atom. The Bertz CT molecular complexity index is 460. The van der Waals surface area contributed by atoms with Crippen LogP contribution < -0.4 is 5.32 Å². The lowest BCUT2D eigenvalue weighted by molar-refractivity contribution is -0.137. The lowest BCUT2D eigenvalue weighted by Gasteiger charge is -2.36. The summed E-state index contributed by atoms with van der Waals surface area (Å²) in [5.74, 6) is 1.74. The van der Waals surface area contributed by atoms with Gasteiger partial charge in [-0.05, 0) is 55.0 Å². The van der Waals surface area contributed by atoms with Crippen molar-refractivity contribution in [1.82, 2.24) is 5.32 Å². The molecule has 2 aliphatic rings. The van der Waals surface area contributed by atoms with E-state index in [2.05, 4.69) is 5.32 Å². The standard InChI is InChI=1S/C17H22F3N/c18-17(19,20)14-7-5-13(6-8-14)15-9-10-21-11-16(15)12-3-1-2-4-12/h5-8,12,15-16,21H,1-4,9-11H2. The third kappa shape index (κ3) is 3.25. The van der Waals surface area contributed by atoms with Crippen molar-refractivity contribution < 1.29 is 13.2 Å². The van der Waals surface area contributed by atoms with E-state index in [1.54, 1.807) is 12.1 Å².